The van der Waals surface area contributed by atoms with E-state index in [9.17, 15) is 39.3 Å². The highest BCUT2D eigenvalue weighted by atomic mass is 16.4. The molecule has 4 atom stereocenters. The summed E-state index contributed by atoms with van der Waals surface area (Å²) in [6, 6.07) is 15.9. The Morgan fingerprint density at radius 1 is 0.600 bits per heavy atom. The first-order valence-electron chi connectivity index (χ1n) is 14.2. The lowest BCUT2D eigenvalue weighted by atomic mass is 10.0. The van der Waals surface area contributed by atoms with Gasteiger partial charge in [0.15, 0.2) is 0 Å². The fourth-order valence-corrected chi connectivity index (χ4v) is 4.48. The average molecular weight is 620 g/mol. The van der Waals surface area contributed by atoms with Crippen LogP contribution in [-0.2, 0) is 43.2 Å². The molecule has 0 saturated heterocycles. The van der Waals surface area contributed by atoms with Crippen molar-refractivity contribution in [1.29, 1.82) is 0 Å². The van der Waals surface area contributed by atoms with Crippen LogP contribution in [0.4, 0.5) is 0 Å². The van der Waals surface area contributed by atoms with Crippen molar-refractivity contribution in [2.75, 3.05) is 0 Å². The number of hydrogen-bond donors (Lipinski definition) is 8. The van der Waals surface area contributed by atoms with E-state index in [1.807, 2.05) is 30.3 Å². The van der Waals surface area contributed by atoms with Crippen LogP contribution in [0.2, 0.25) is 0 Å². The van der Waals surface area contributed by atoms with Crippen molar-refractivity contribution in [2.24, 2.45) is 11.5 Å². The number of phenolic OH excluding ortho intramolecular Hbond substituents is 2. The van der Waals surface area contributed by atoms with Gasteiger partial charge < -0.3 is 42.7 Å². The third kappa shape index (κ3) is 11.3. The number of rotatable bonds is 16. The standard InChI is InChI=1S/C32H37N5O8/c33-24(16-19-4-2-1-3-5-19)29(41)36-26(17-20-6-10-22(38)11-7-20)31(43)37-27(18-21-8-12-23(39)13-9-21)30(42)35-25(32(44)45)14-15-28(34)40/h1-13,24-27,38-39H,14-18,33H2,(H2,34,40)(H,35,42)(H,36,41)(H,37,43)(H,44,45). The second-order valence-electron chi connectivity index (χ2n) is 10.6. The van der Waals surface area contributed by atoms with Gasteiger partial charge in [-0.15, -0.1) is 0 Å². The van der Waals surface area contributed by atoms with Gasteiger partial charge in [0.1, 0.15) is 29.6 Å². The molecule has 0 heterocycles. The number of carbonyl (C=O) groups excluding carboxylic acids is 4. The minimum atomic E-state index is -1.47. The maximum absolute atomic E-state index is 13.7. The number of nitrogens with two attached hydrogens (primary N) is 2. The number of aliphatic carboxylic acids is 1. The third-order valence-corrected chi connectivity index (χ3v) is 6.95. The molecule has 0 saturated carbocycles. The first-order valence-corrected chi connectivity index (χ1v) is 14.2. The second kappa shape index (κ2) is 16.4. The molecule has 4 unspecified atom stereocenters. The van der Waals surface area contributed by atoms with Gasteiger partial charge in [-0.2, -0.15) is 0 Å². The highest BCUT2D eigenvalue weighted by Crippen LogP contribution is 2.14. The van der Waals surface area contributed by atoms with Gasteiger partial charge in [0.05, 0.1) is 6.04 Å². The van der Waals surface area contributed by atoms with Crippen LogP contribution < -0.4 is 27.4 Å². The van der Waals surface area contributed by atoms with Gasteiger partial charge in [0.2, 0.25) is 23.6 Å². The summed E-state index contributed by atoms with van der Waals surface area (Å²) in [6.07, 6.45) is -0.494. The molecule has 0 aliphatic carbocycles. The van der Waals surface area contributed by atoms with Gasteiger partial charge in [0.25, 0.3) is 0 Å². The van der Waals surface area contributed by atoms with Crippen LogP contribution in [-0.4, -0.2) is 69.1 Å². The molecule has 0 aromatic heterocycles. The zero-order valence-electron chi connectivity index (χ0n) is 24.4. The Morgan fingerprint density at radius 3 is 1.47 bits per heavy atom. The summed E-state index contributed by atoms with van der Waals surface area (Å²) in [5.74, 6) is -4.40. The molecule has 13 heteroatoms. The number of amides is 4. The Morgan fingerprint density at radius 2 is 1.02 bits per heavy atom. The Balaban J connectivity index is 1.85. The molecule has 0 fully saturated rings. The molecule has 3 aromatic rings. The molecule has 0 bridgehead atoms. The van der Waals surface area contributed by atoms with Gasteiger partial charge in [0, 0.05) is 19.3 Å². The smallest absolute Gasteiger partial charge is 0.326 e. The molecule has 10 N–H and O–H groups in total. The number of hydrogen-bond acceptors (Lipinski definition) is 8. The number of carboxylic acids is 1. The van der Waals surface area contributed by atoms with Gasteiger partial charge in [-0.3, -0.25) is 19.2 Å². The van der Waals surface area contributed by atoms with E-state index >= 15 is 0 Å². The predicted octanol–water partition coefficient (Wildman–Crippen LogP) is 0.258. The van der Waals surface area contributed by atoms with Crippen LogP contribution in [0.5, 0.6) is 11.5 Å². The highest BCUT2D eigenvalue weighted by Gasteiger charge is 2.31. The van der Waals surface area contributed by atoms with E-state index in [-0.39, 0.29) is 43.6 Å². The van der Waals surface area contributed by atoms with Crippen LogP contribution in [0.15, 0.2) is 78.9 Å². The molecule has 0 aliphatic heterocycles. The molecule has 0 spiro atoms. The Kier molecular flexibility index (Phi) is 12.4. The molecule has 3 aromatic carbocycles. The molecule has 13 nitrogen and oxygen atoms in total. The number of carboxylic acid groups (broad SMARTS) is 1. The SMILES string of the molecule is NC(=O)CCC(NC(=O)C(Cc1ccc(O)cc1)NC(=O)C(Cc1ccc(O)cc1)NC(=O)C(N)Cc1ccccc1)C(=O)O. The molecule has 4 amide bonds. The molecular weight excluding hydrogens is 582 g/mol. The summed E-state index contributed by atoms with van der Waals surface area (Å²) in [7, 11) is 0. The summed E-state index contributed by atoms with van der Waals surface area (Å²) < 4.78 is 0. The zero-order chi connectivity index (χ0) is 32.9. The van der Waals surface area contributed by atoms with E-state index in [1.165, 1.54) is 36.4 Å². The fourth-order valence-electron chi connectivity index (χ4n) is 4.48. The monoisotopic (exact) mass is 619 g/mol. The van der Waals surface area contributed by atoms with Crippen molar-refractivity contribution in [2.45, 2.75) is 56.3 Å². The maximum Gasteiger partial charge on any atom is 0.326 e. The van der Waals surface area contributed by atoms with Gasteiger partial charge in [-0.05, 0) is 53.8 Å². The summed E-state index contributed by atoms with van der Waals surface area (Å²) >= 11 is 0. The van der Waals surface area contributed by atoms with Gasteiger partial charge >= 0.3 is 5.97 Å². The first-order chi connectivity index (χ1) is 21.4. The molecular formula is C32H37N5O8. The Hall–Kier alpha value is -5.43. The normalized spacial score (nSPS) is 13.4. The Bertz CT molecular complexity index is 1470. The van der Waals surface area contributed by atoms with Crippen LogP contribution in [0.1, 0.15) is 29.5 Å². The highest BCUT2D eigenvalue weighted by molar-refractivity contribution is 5.94. The minimum absolute atomic E-state index is 0.00336. The number of nitrogens with one attached hydrogen (secondary N) is 3. The van der Waals surface area contributed by atoms with Crippen LogP contribution in [0, 0.1) is 0 Å². The average Bonchev–Trinajstić information content (AvgIpc) is 3.00. The minimum Gasteiger partial charge on any atom is -0.508 e. The van der Waals surface area contributed by atoms with Crippen molar-refractivity contribution < 1.29 is 39.3 Å². The maximum atomic E-state index is 13.7. The van der Waals surface area contributed by atoms with Crippen molar-refractivity contribution in [3.63, 3.8) is 0 Å². The van der Waals surface area contributed by atoms with Crippen molar-refractivity contribution in [3.05, 3.63) is 95.6 Å². The summed E-state index contributed by atoms with van der Waals surface area (Å²) in [5.41, 5.74) is 13.2. The van der Waals surface area contributed by atoms with E-state index < -0.39 is 53.8 Å². The fraction of sp³-hybridized carbons (Fsp3) is 0.281. The first kappa shape index (κ1) is 34.1. The largest absolute Gasteiger partial charge is 0.508 e. The third-order valence-electron chi connectivity index (χ3n) is 6.95. The quantitative estimate of drug-likeness (QED) is 0.110. The summed E-state index contributed by atoms with van der Waals surface area (Å²) in [5, 5.41) is 36.5. The van der Waals surface area contributed by atoms with Crippen LogP contribution in [0.25, 0.3) is 0 Å². The lowest BCUT2D eigenvalue weighted by molar-refractivity contribution is -0.142. The molecule has 0 aliphatic rings. The van der Waals surface area contributed by atoms with E-state index in [0.717, 1.165) is 5.56 Å². The van der Waals surface area contributed by atoms with Gasteiger partial charge in [-0.1, -0.05) is 54.6 Å². The molecule has 3 rings (SSSR count). The summed E-state index contributed by atoms with van der Waals surface area (Å²) in [4.78, 5) is 63.2. The van der Waals surface area contributed by atoms with E-state index in [4.69, 9.17) is 11.5 Å². The van der Waals surface area contributed by atoms with E-state index in [0.29, 0.717) is 11.1 Å². The number of carbonyl (C=O) groups is 5. The number of aromatic hydroxyl groups is 2. The predicted molar refractivity (Wildman–Crippen MR) is 164 cm³/mol. The number of phenols is 2. The number of primary amides is 1. The van der Waals surface area contributed by atoms with Gasteiger partial charge in [-0.25, -0.2) is 4.79 Å². The molecule has 238 valence electrons. The van der Waals surface area contributed by atoms with Crippen LogP contribution >= 0.6 is 0 Å². The van der Waals surface area contributed by atoms with Crippen molar-refractivity contribution >= 4 is 29.6 Å². The van der Waals surface area contributed by atoms with Crippen LogP contribution in [0.3, 0.4) is 0 Å². The summed E-state index contributed by atoms with van der Waals surface area (Å²) in [6.45, 7) is 0. The number of benzene rings is 3. The van der Waals surface area contributed by atoms with Crippen molar-refractivity contribution in [1.82, 2.24) is 16.0 Å². The lowest BCUT2D eigenvalue weighted by Gasteiger charge is -2.25. The van der Waals surface area contributed by atoms with Crippen molar-refractivity contribution in [3.8, 4) is 11.5 Å². The Labute approximate surface area is 259 Å². The second-order valence-corrected chi connectivity index (χ2v) is 10.6. The molecule has 45 heavy (non-hydrogen) atoms. The topological polar surface area (TPSA) is 234 Å². The van der Waals surface area contributed by atoms with E-state index in [1.54, 1.807) is 12.1 Å². The van der Waals surface area contributed by atoms with E-state index in [2.05, 4.69) is 16.0 Å². The zero-order valence-corrected chi connectivity index (χ0v) is 24.4. The lowest BCUT2D eigenvalue weighted by Crippen LogP contribution is -2.58. The molecule has 0 radical (unpaired) electrons.